The molecular weight excluding hydrogens is 292 g/mol. The normalized spacial score (nSPS) is 16.2. The summed E-state index contributed by atoms with van der Waals surface area (Å²) in [7, 11) is 1.75. The molecule has 5 nitrogen and oxygen atoms in total. The summed E-state index contributed by atoms with van der Waals surface area (Å²) < 4.78 is 11.1. The van der Waals surface area contributed by atoms with E-state index in [-0.39, 0.29) is 11.6 Å². The zero-order valence-electron chi connectivity index (χ0n) is 12.9. The van der Waals surface area contributed by atoms with Crippen molar-refractivity contribution in [3.63, 3.8) is 0 Å². The molecular formula is C15H21ClN2O3. The van der Waals surface area contributed by atoms with E-state index < -0.39 is 5.60 Å². The van der Waals surface area contributed by atoms with E-state index in [1.807, 2.05) is 20.8 Å². The van der Waals surface area contributed by atoms with E-state index in [1.54, 1.807) is 30.3 Å². The Labute approximate surface area is 130 Å². The molecule has 0 bridgehead atoms. The fraction of sp³-hybridized carbons (Fsp3) is 0.600. The molecule has 0 aromatic carbocycles. The van der Waals surface area contributed by atoms with Gasteiger partial charge in [-0.25, -0.2) is 9.78 Å². The Hall–Kier alpha value is -1.49. The Bertz CT molecular complexity index is 507. The van der Waals surface area contributed by atoms with Crippen LogP contribution < -0.4 is 4.74 Å². The summed E-state index contributed by atoms with van der Waals surface area (Å²) in [6.07, 6.45) is 3.07. The number of amides is 1. The van der Waals surface area contributed by atoms with Crippen LogP contribution in [-0.2, 0) is 4.74 Å². The highest BCUT2D eigenvalue weighted by Gasteiger charge is 2.50. The van der Waals surface area contributed by atoms with Crippen LogP contribution in [0.25, 0.3) is 0 Å². The first-order chi connectivity index (χ1) is 9.72. The second-order valence-corrected chi connectivity index (χ2v) is 6.76. The second kappa shape index (κ2) is 5.72. The molecule has 0 saturated heterocycles. The van der Waals surface area contributed by atoms with Gasteiger partial charge in [0.1, 0.15) is 23.1 Å². The van der Waals surface area contributed by atoms with Crippen molar-refractivity contribution < 1.29 is 14.3 Å². The quantitative estimate of drug-likeness (QED) is 0.798. The molecule has 21 heavy (non-hydrogen) atoms. The number of hydrogen-bond acceptors (Lipinski definition) is 4. The second-order valence-electron chi connectivity index (χ2n) is 6.37. The molecule has 1 aliphatic carbocycles. The van der Waals surface area contributed by atoms with Crippen molar-refractivity contribution >= 4 is 17.7 Å². The number of rotatable bonds is 4. The number of nitrogens with zero attached hydrogens (tertiary/aromatic N) is 2. The summed E-state index contributed by atoms with van der Waals surface area (Å²) in [6, 6.07) is 3.44. The minimum Gasteiger partial charge on any atom is -0.490 e. The van der Waals surface area contributed by atoms with Gasteiger partial charge in [-0.05, 0) is 45.7 Å². The van der Waals surface area contributed by atoms with Gasteiger partial charge in [-0.3, -0.25) is 0 Å². The van der Waals surface area contributed by atoms with Gasteiger partial charge in [0.25, 0.3) is 0 Å². The van der Waals surface area contributed by atoms with Gasteiger partial charge in [0.15, 0.2) is 0 Å². The molecule has 0 aliphatic heterocycles. The van der Waals surface area contributed by atoms with E-state index in [0.717, 1.165) is 12.8 Å². The average Bonchev–Trinajstić information content (AvgIpc) is 3.16. The Morgan fingerprint density at radius 2 is 2.10 bits per heavy atom. The molecule has 116 valence electrons. The number of halogens is 1. The maximum Gasteiger partial charge on any atom is 0.410 e. The highest BCUT2D eigenvalue weighted by atomic mass is 35.5. The summed E-state index contributed by atoms with van der Waals surface area (Å²) in [5.74, 6) is 0.642. The lowest BCUT2D eigenvalue weighted by molar-refractivity contribution is 0.0139. The Balaban J connectivity index is 1.93. The van der Waals surface area contributed by atoms with E-state index in [4.69, 9.17) is 21.1 Å². The lowest BCUT2D eigenvalue weighted by Gasteiger charge is -2.30. The van der Waals surface area contributed by atoms with Crippen LogP contribution in [-0.4, -0.2) is 40.8 Å². The lowest BCUT2D eigenvalue weighted by atomic mass is 10.2. The van der Waals surface area contributed by atoms with Gasteiger partial charge in [0.2, 0.25) is 0 Å². The van der Waals surface area contributed by atoms with Crippen LogP contribution in [0, 0.1) is 0 Å². The monoisotopic (exact) mass is 312 g/mol. The molecule has 1 aromatic rings. The number of aromatic nitrogens is 1. The van der Waals surface area contributed by atoms with Crippen molar-refractivity contribution in [2.45, 2.75) is 44.8 Å². The third kappa shape index (κ3) is 4.24. The standard InChI is InChI=1S/C15H21ClN2O3/c1-14(2,3)21-13(19)18(4)15(7-8-15)10-20-11-5-6-12(16)17-9-11/h5-6,9H,7-8,10H2,1-4H3. The summed E-state index contributed by atoms with van der Waals surface area (Å²) in [4.78, 5) is 17.7. The van der Waals surface area contributed by atoms with Crippen LogP contribution in [0.4, 0.5) is 4.79 Å². The molecule has 0 N–H and O–H groups in total. The maximum atomic E-state index is 12.1. The molecule has 1 fully saturated rings. The molecule has 0 radical (unpaired) electrons. The van der Waals surface area contributed by atoms with Crippen LogP contribution >= 0.6 is 11.6 Å². The predicted octanol–water partition coefficient (Wildman–Crippen LogP) is 3.51. The van der Waals surface area contributed by atoms with Crippen LogP contribution in [0.15, 0.2) is 18.3 Å². The maximum absolute atomic E-state index is 12.1. The highest BCUT2D eigenvalue weighted by Crippen LogP contribution is 2.42. The predicted molar refractivity (Wildman–Crippen MR) is 80.7 cm³/mol. The van der Waals surface area contributed by atoms with E-state index in [1.165, 1.54) is 0 Å². The SMILES string of the molecule is CN(C(=O)OC(C)(C)C)C1(COc2ccc(Cl)nc2)CC1. The van der Waals surface area contributed by atoms with Gasteiger partial charge in [0.05, 0.1) is 11.7 Å². The van der Waals surface area contributed by atoms with Crippen LogP contribution in [0.5, 0.6) is 5.75 Å². The summed E-state index contributed by atoms with van der Waals surface area (Å²) in [5.41, 5.74) is -0.773. The molecule has 6 heteroatoms. The van der Waals surface area contributed by atoms with Crippen molar-refractivity contribution in [3.8, 4) is 5.75 Å². The zero-order valence-corrected chi connectivity index (χ0v) is 13.6. The van der Waals surface area contributed by atoms with E-state index in [9.17, 15) is 4.79 Å². The van der Waals surface area contributed by atoms with Gasteiger partial charge in [0, 0.05) is 7.05 Å². The van der Waals surface area contributed by atoms with Crippen LogP contribution in [0.1, 0.15) is 33.6 Å². The molecule has 2 rings (SSSR count). The first-order valence-corrected chi connectivity index (χ1v) is 7.31. The molecule has 1 heterocycles. The molecule has 0 spiro atoms. The van der Waals surface area contributed by atoms with Crippen molar-refractivity contribution in [2.24, 2.45) is 0 Å². The summed E-state index contributed by atoms with van der Waals surface area (Å²) in [5, 5.41) is 0.425. The fourth-order valence-corrected chi connectivity index (χ4v) is 2.02. The van der Waals surface area contributed by atoms with Crippen LogP contribution in [0.3, 0.4) is 0 Å². The van der Waals surface area contributed by atoms with Gasteiger partial charge < -0.3 is 14.4 Å². The zero-order chi connectivity index (χ0) is 15.7. The lowest BCUT2D eigenvalue weighted by Crippen LogP contribution is -2.45. The topological polar surface area (TPSA) is 51.7 Å². The molecule has 0 atom stereocenters. The minimum atomic E-state index is -0.498. The van der Waals surface area contributed by atoms with Crippen molar-refractivity contribution in [1.29, 1.82) is 0 Å². The Kier molecular flexibility index (Phi) is 4.33. The van der Waals surface area contributed by atoms with E-state index >= 15 is 0 Å². The van der Waals surface area contributed by atoms with Crippen LogP contribution in [0.2, 0.25) is 5.15 Å². The molecule has 1 aliphatic rings. The van der Waals surface area contributed by atoms with Crippen molar-refractivity contribution in [3.05, 3.63) is 23.5 Å². The summed E-state index contributed by atoms with van der Waals surface area (Å²) >= 11 is 5.73. The average molecular weight is 313 g/mol. The third-order valence-electron chi connectivity index (χ3n) is 3.41. The smallest absolute Gasteiger partial charge is 0.410 e. The number of ether oxygens (including phenoxy) is 2. The third-order valence-corrected chi connectivity index (χ3v) is 3.64. The fourth-order valence-electron chi connectivity index (χ4n) is 1.91. The first kappa shape index (κ1) is 15.9. The number of hydrogen-bond donors (Lipinski definition) is 0. The van der Waals surface area contributed by atoms with Crippen molar-refractivity contribution in [1.82, 2.24) is 9.88 Å². The van der Waals surface area contributed by atoms with E-state index in [2.05, 4.69) is 4.98 Å². The minimum absolute atomic E-state index is 0.276. The van der Waals surface area contributed by atoms with Crippen molar-refractivity contribution in [2.75, 3.05) is 13.7 Å². The first-order valence-electron chi connectivity index (χ1n) is 6.93. The van der Waals surface area contributed by atoms with Gasteiger partial charge in [-0.2, -0.15) is 0 Å². The summed E-state index contributed by atoms with van der Waals surface area (Å²) in [6.45, 7) is 5.99. The molecule has 1 aromatic heterocycles. The highest BCUT2D eigenvalue weighted by molar-refractivity contribution is 6.29. The number of likely N-dealkylation sites (N-methyl/N-ethyl adjacent to an activating group) is 1. The molecule has 0 unspecified atom stereocenters. The number of carbonyl (C=O) groups is 1. The van der Waals surface area contributed by atoms with Gasteiger partial charge in [-0.15, -0.1) is 0 Å². The number of carbonyl (C=O) groups excluding carboxylic acids is 1. The Morgan fingerprint density at radius 3 is 2.57 bits per heavy atom. The van der Waals surface area contributed by atoms with E-state index in [0.29, 0.717) is 17.5 Å². The largest absolute Gasteiger partial charge is 0.490 e. The van der Waals surface area contributed by atoms with Gasteiger partial charge >= 0.3 is 6.09 Å². The van der Waals surface area contributed by atoms with Gasteiger partial charge in [-0.1, -0.05) is 11.6 Å². The Morgan fingerprint density at radius 1 is 1.43 bits per heavy atom. The molecule has 1 saturated carbocycles. The number of pyridine rings is 1. The molecule has 1 amide bonds.